The Hall–Kier alpha value is -2.48. The highest BCUT2D eigenvalue weighted by Gasteiger charge is 2.43. The maximum Gasteiger partial charge on any atom is 0.416 e. The fourth-order valence-corrected chi connectivity index (χ4v) is 4.68. The molecule has 4 atom stereocenters. The van der Waals surface area contributed by atoms with Crippen molar-refractivity contribution in [2.45, 2.75) is 60.7 Å². The molecule has 1 aliphatic carbocycles. The quantitative estimate of drug-likeness (QED) is 0.274. The summed E-state index contributed by atoms with van der Waals surface area (Å²) < 4.78 is 40.1. The van der Waals surface area contributed by atoms with Crippen LogP contribution in [0.4, 0.5) is 19.0 Å². The number of aromatic nitrogens is 5. The number of anilines is 1. The van der Waals surface area contributed by atoms with E-state index in [0.717, 1.165) is 36.7 Å². The molecule has 0 bridgehead atoms. The van der Waals surface area contributed by atoms with Gasteiger partial charge in [-0.25, -0.2) is 14.6 Å². The highest BCUT2D eigenvalue weighted by Crippen LogP contribution is 2.37. The Kier molecular flexibility index (Phi) is 7.26. The van der Waals surface area contributed by atoms with E-state index in [-0.39, 0.29) is 18.2 Å². The van der Waals surface area contributed by atoms with E-state index >= 15 is 0 Å². The van der Waals surface area contributed by atoms with Crippen LogP contribution in [0.3, 0.4) is 0 Å². The molecule has 1 aromatic carbocycles. The third-order valence-electron chi connectivity index (χ3n) is 5.84. The molecule has 0 radical (unpaired) electrons. The molecule has 9 nitrogen and oxygen atoms in total. The topological polar surface area (TPSA) is 129 Å². The van der Waals surface area contributed by atoms with E-state index in [1.165, 1.54) is 16.8 Å². The lowest BCUT2D eigenvalue weighted by atomic mass is 10.1. The number of nitrogens with zero attached hydrogens (tertiary/aromatic N) is 5. The van der Waals surface area contributed by atoms with Crippen molar-refractivity contribution in [2.75, 3.05) is 18.5 Å². The third-order valence-corrected chi connectivity index (χ3v) is 6.71. The van der Waals surface area contributed by atoms with Gasteiger partial charge in [-0.3, -0.25) is 0 Å². The Balaban J connectivity index is 1.70. The van der Waals surface area contributed by atoms with Crippen molar-refractivity contribution in [1.82, 2.24) is 25.0 Å². The van der Waals surface area contributed by atoms with E-state index in [1.807, 2.05) is 6.92 Å². The van der Waals surface area contributed by atoms with E-state index in [0.29, 0.717) is 28.4 Å². The van der Waals surface area contributed by atoms with Gasteiger partial charge in [0.05, 0.1) is 17.7 Å². The maximum atomic E-state index is 12.9. The number of aliphatic hydroxyl groups excluding tert-OH is 3. The van der Waals surface area contributed by atoms with E-state index in [2.05, 4.69) is 25.6 Å². The van der Waals surface area contributed by atoms with Crippen molar-refractivity contribution in [3.63, 3.8) is 0 Å². The molecule has 3 aromatic rings. The minimum atomic E-state index is -4.42. The molecule has 2 aromatic heterocycles. The molecule has 0 aliphatic heterocycles. The summed E-state index contributed by atoms with van der Waals surface area (Å²) in [5.41, 5.74) is -0.0510. The predicted octanol–water partition coefficient (Wildman–Crippen LogP) is 2.88. The van der Waals surface area contributed by atoms with Crippen LogP contribution < -0.4 is 5.32 Å². The fraction of sp³-hybridized carbons (Fsp3) is 0.524. The Morgan fingerprint density at radius 3 is 2.50 bits per heavy atom. The molecule has 34 heavy (non-hydrogen) atoms. The number of alkyl halides is 3. The van der Waals surface area contributed by atoms with Crippen molar-refractivity contribution >= 4 is 28.7 Å². The molecule has 184 valence electrons. The number of benzene rings is 1. The van der Waals surface area contributed by atoms with Crippen LogP contribution in [0.5, 0.6) is 0 Å². The lowest BCUT2D eigenvalue weighted by Gasteiger charge is -2.17. The smallest absolute Gasteiger partial charge is 0.396 e. The molecule has 1 saturated carbocycles. The molecule has 4 N–H and O–H groups in total. The van der Waals surface area contributed by atoms with Crippen molar-refractivity contribution in [3.05, 3.63) is 29.8 Å². The molecule has 4 rings (SSSR count). The molecule has 0 spiro atoms. The Morgan fingerprint density at radius 2 is 1.88 bits per heavy atom. The van der Waals surface area contributed by atoms with Crippen molar-refractivity contribution in [2.24, 2.45) is 5.92 Å². The zero-order chi connectivity index (χ0) is 24.5. The van der Waals surface area contributed by atoms with Gasteiger partial charge in [-0.05, 0) is 48.9 Å². The van der Waals surface area contributed by atoms with Gasteiger partial charge in [-0.1, -0.05) is 18.6 Å². The zero-order valence-corrected chi connectivity index (χ0v) is 19.1. The Bertz CT molecular complexity index is 1130. The van der Waals surface area contributed by atoms with Crippen molar-refractivity contribution in [3.8, 4) is 0 Å². The summed E-state index contributed by atoms with van der Waals surface area (Å²) in [5, 5.41) is 42.0. The first-order valence-corrected chi connectivity index (χ1v) is 11.7. The average molecular weight is 499 g/mol. The molecule has 0 unspecified atom stereocenters. The number of halogens is 3. The molecule has 0 saturated heterocycles. The largest absolute Gasteiger partial charge is 0.416 e. The van der Waals surface area contributed by atoms with Crippen molar-refractivity contribution < 1.29 is 28.5 Å². The lowest BCUT2D eigenvalue weighted by molar-refractivity contribution is -0.137. The first-order valence-electron chi connectivity index (χ1n) is 10.9. The van der Waals surface area contributed by atoms with Crippen LogP contribution in [0.25, 0.3) is 11.2 Å². The van der Waals surface area contributed by atoms with Gasteiger partial charge in [-0.2, -0.15) is 13.2 Å². The number of rotatable bonds is 8. The van der Waals surface area contributed by atoms with Gasteiger partial charge in [-0.15, -0.1) is 5.10 Å². The summed E-state index contributed by atoms with van der Waals surface area (Å²) in [6, 6.07) is 4.05. The number of nitrogens with one attached hydrogen (secondary N) is 1. The Labute approximate surface area is 197 Å². The number of hydrogen-bond acceptors (Lipinski definition) is 9. The number of aliphatic hydroxyl groups is 3. The normalized spacial score (nSPS) is 23.0. The monoisotopic (exact) mass is 498 g/mol. The van der Waals surface area contributed by atoms with Crippen LogP contribution in [0.2, 0.25) is 0 Å². The first kappa shape index (κ1) is 24.6. The SMILES string of the molecule is CCCCNc1nc(Sc2ccc(C(F)(F)F)cc2)nc2c1nnn2[C@@H]1C[C@H](CO)[C@@H](O)[C@H]1O. The molecule has 1 fully saturated rings. The second-order valence-electron chi connectivity index (χ2n) is 8.19. The zero-order valence-electron chi connectivity index (χ0n) is 18.3. The number of fused-ring (bicyclic) bond motifs is 1. The van der Waals surface area contributed by atoms with Crippen molar-refractivity contribution in [1.29, 1.82) is 0 Å². The van der Waals surface area contributed by atoms with Crippen LogP contribution >= 0.6 is 11.8 Å². The maximum absolute atomic E-state index is 12.9. The van der Waals surface area contributed by atoms with Crippen LogP contribution in [0, 0.1) is 5.92 Å². The average Bonchev–Trinajstić information content (AvgIpc) is 3.34. The number of unbranched alkanes of at least 4 members (excludes halogenated alkanes) is 1. The van der Waals surface area contributed by atoms with Gasteiger partial charge >= 0.3 is 6.18 Å². The van der Waals surface area contributed by atoms with Gasteiger partial charge in [0.25, 0.3) is 0 Å². The van der Waals surface area contributed by atoms with E-state index in [1.54, 1.807) is 0 Å². The van der Waals surface area contributed by atoms with Gasteiger partial charge in [0.1, 0.15) is 6.10 Å². The van der Waals surface area contributed by atoms with Crippen LogP contribution in [0.1, 0.15) is 37.8 Å². The molecule has 13 heteroatoms. The minimum Gasteiger partial charge on any atom is -0.396 e. The van der Waals surface area contributed by atoms with Crippen LogP contribution in [-0.4, -0.2) is 65.6 Å². The molecule has 0 amide bonds. The summed E-state index contributed by atoms with van der Waals surface area (Å²) >= 11 is 1.09. The third kappa shape index (κ3) is 4.97. The van der Waals surface area contributed by atoms with Crippen LogP contribution in [-0.2, 0) is 6.18 Å². The second-order valence-corrected chi connectivity index (χ2v) is 9.23. The first-order chi connectivity index (χ1) is 16.2. The van der Waals surface area contributed by atoms with Crippen LogP contribution in [0.15, 0.2) is 34.3 Å². The summed E-state index contributed by atoms with van der Waals surface area (Å²) in [5.74, 6) is -0.0879. The Morgan fingerprint density at radius 1 is 1.15 bits per heavy atom. The molecule has 1 aliphatic rings. The summed E-state index contributed by atoms with van der Waals surface area (Å²) in [7, 11) is 0. The van der Waals surface area contributed by atoms with Gasteiger partial charge in [0.15, 0.2) is 22.1 Å². The van der Waals surface area contributed by atoms with E-state index < -0.39 is 35.9 Å². The number of hydrogen-bond donors (Lipinski definition) is 4. The summed E-state index contributed by atoms with van der Waals surface area (Å²) in [6.45, 7) is 2.39. The standard InChI is InChI=1S/C21H25F3N6O3S/c1-2-3-8-25-18-15-19(30(29-28-15)14-9-11(10-31)16(32)17(14)33)27-20(26-18)34-13-6-4-12(5-7-13)21(22,23)24/h4-7,11,14,16-17,31-33H,2-3,8-10H2,1H3,(H,25,26,27)/t11-,14-,16-,17+/m1/s1. The van der Waals surface area contributed by atoms with Gasteiger partial charge < -0.3 is 20.6 Å². The summed E-state index contributed by atoms with van der Waals surface area (Å²) in [6.07, 6.45) is -4.59. The highest BCUT2D eigenvalue weighted by atomic mass is 32.2. The van der Waals surface area contributed by atoms with Gasteiger partial charge in [0.2, 0.25) is 0 Å². The molecule has 2 heterocycles. The molecular formula is C21H25F3N6O3S. The van der Waals surface area contributed by atoms with E-state index in [9.17, 15) is 28.5 Å². The lowest BCUT2D eigenvalue weighted by Crippen LogP contribution is -2.30. The summed E-state index contributed by atoms with van der Waals surface area (Å²) in [4.78, 5) is 9.53. The fourth-order valence-electron chi connectivity index (χ4n) is 3.93. The second kappa shape index (κ2) is 10.0. The van der Waals surface area contributed by atoms with E-state index in [4.69, 9.17) is 0 Å². The minimum absolute atomic E-state index is 0.265. The molecular weight excluding hydrogens is 473 g/mol. The van der Waals surface area contributed by atoms with Gasteiger partial charge in [0, 0.05) is 24.0 Å². The highest BCUT2D eigenvalue weighted by molar-refractivity contribution is 7.99. The predicted molar refractivity (Wildman–Crippen MR) is 118 cm³/mol.